The van der Waals surface area contributed by atoms with Crippen LogP contribution in [0.3, 0.4) is 0 Å². The van der Waals surface area contributed by atoms with Crippen LogP contribution in [0.15, 0.2) is 18.2 Å². The summed E-state index contributed by atoms with van der Waals surface area (Å²) in [7, 11) is 0. The van der Waals surface area contributed by atoms with Crippen LogP contribution in [0.2, 0.25) is 0 Å². The van der Waals surface area contributed by atoms with Gasteiger partial charge in [-0.05, 0) is 31.2 Å². The lowest BCUT2D eigenvalue weighted by Crippen LogP contribution is -2.34. The zero-order valence-electron chi connectivity index (χ0n) is 9.79. The average molecular weight is 223 g/mol. The average Bonchev–Trinajstić information content (AvgIpc) is 2.28. The molecule has 0 spiro atoms. The van der Waals surface area contributed by atoms with Gasteiger partial charge in [-0.3, -0.25) is 0 Å². The molecule has 16 heavy (non-hydrogen) atoms. The minimum Gasteiger partial charge on any atom is -0.493 e. The van der Waals surface area contributed by atoms with Gasteiger partial charge in [-0.25, -0.2) is 4.39 Å². The summed E-state index contributed by atoms with van der Waals surface area (Å²) in [6.07, 6.45) is 1.08. The molecule has 2 rings (SSSR count). The molecule has 0 radical (unpaired) electrons. The fraction of sp³-hybridized carbons (Fsp3) is 0.538. The zero-order valence-corrected chi connectivity index (χ0v) is 9.79. The lowest BCUT2D eigenvalue weighted by Gasteiger charge is -2.32. The molecule has 2 atom stereocenters. The van der Waals surface area contributed by atoms with E-state index in [1.54, 1.807) is 12.1 Å². The van der Waals surface area contributed by atoms with Crippen molar-refractivity contribution < 1.29 is 9.13 Å². The predicted molar refractivity (Wildman–Crippen MR) is 62.1 cm³/mol. The van der Waals surface area contributed by atoms with Gasteiger partial charge in [-0.15, -0.1) is 0 Å². The van der Waals surface area contributed by atoms with E-state index in [9.17, 15) is 4.39 Å². The van der Waals surface area contributed by atoms with E-state index in [1.807, 2.05) is 0 Å². The SMILES string of the molecule is CCCNC1c2cc(F)ccc2OCC1C. The highest BCUT2D eigenvalue weighted by Crippen LogP contribution is 2.35. The quantitative estimate of drug-likeness (QED) is 0.850. The second kappa shape index (κ2) is 4.83. The van der Waals surface area contributed by atoms with Gasteiger partial charge in [0, 0.05) is 17.5 Å². The molecule has 0 fully saturated rings. The van der Waals surface area contributed by atoms with E-state index in [0.717, 1.165) is 24.3 Å². The van der Waals surface area contributed by atoms with Gasteiger partial charge in [0.25, 0.3) is 0 Å². The fourth-order valence-electron chi connectivity index (χ4n) is 2.13. The van der Waals surface area contributed by atoms with Crippen LogP contribution in [0, 0.1) is 11.7 Å². The van der Waals surface area contributed by atoms with Gasteiger partial charge in [-0.1, -0.05) is 13.8 Å². The van der Waals surface area contributed by atoms with Crippen molar-refractivity contribution in [2.45, 2.75) is 26.3 Å². The standard InChI is InChI=1S/C13H18FNO/c1-3-6-15-13-9(2)8-16-12-5-4-10(14)7-11(12)13/h4-5,7,9,13,15H,3,6,8H2,1-2H3. The van der Waals surface area contributed by atoms with Crippen molar-refractivity contribution in [1.82, 2.24) is 5.32 Å². The molecule has 2 nitrogen and oxygen atoms in total. The van der Waals surface area contributed by atoms with Gasteiger partial charge < -0.3 is 10.1 Å². The number of fused-ring (bicyclic) bond motifs is 1. The van der Waals surface area contributed by atoms with Crippen LogP contribution in [-0.2, 0) is 0 Å². The first-order chi connectivity index (χ1) is 7.72. The Kier molecular flexibility index (Phi) is 3.44. The summed E-state index contributed by atoms with van der Waals surface area (Å²) in [4.78, 5) is 0. The first-order valence-corrected chi connectivity index (χ1v) is 5.88. The van der Waals surface area contributed by atoms with Crippen LogP contribution in [0.5, 0.6) is 5.75 Å². The third-order valence-electron chi connectivity index (χ3n) is 2.99. The second-order valence-corrected chi connectivity index (χ2v) is 4.40. The normalized spacial score (nSPS) is 23.7. The van der Waals surface area contributed by atoms with Crippen molar-refractivity contribution in [2.24, 2.45) is 5.92 Å². The molecule has 1 aromatic rings. The molecular weight excluding hydrogens is 205 g/mol. The maximum absolute atomic E-state index is 13.2. The summed E-state index contributed by atoms with van der Waals surface area (Å²) in [6.45, 7) is 5.90. The minimum absolute atomic E-state index is 0.195. The predicted octanol–water partition coefficient (Wildman–Crippen LogP) is 2.89. The fourth-order valence-corrected chi connectivity index (χ4v) is 2.13. The Morgan fingerprint density at radius 1 is 1.50 bits per heavy atom. The van der Waals surface area contributed by atoms with Gasteiger partial charge in [0.1, 0.15) is 11.6 Å². The molecule has 1 aliphatic heterocycles. The van der Waals surface area contributed by atoms with Crippen molar-refractivity contribution in [3.63, 3.8) is 0 Å². The molecule has 0 bridgehead atoms. The summed E-state index contributed by atoms with van der Waals surface area (Å²) >= 11 is 0. The third kappa shape index (κ3) is 2.19. The topological polar surface area (TPSA) is 21.3 Å². The van der Waals surface area contributed by atoms with Crippen molar-refractivity contribution in [1.29, 1.82) is 0 Å². The van der Waals surface area contributed by atoms with E-state index < -0.39 is 0 Å². The Morgan fingerprint density at radius 3 is 3.06 bits per heavy atom. The summed E-state index contributed by atoms with van der Waals surface area (Å²) < 4.78 is 18.8. The lowest BCUT2D eigenvalue weighted by atomic mass is 9.92. The first kappa shape index (κ1) is 11.4. The second-order valence-electron chi connectivity index (χ2n) is 4.40. The summed E-state index contributed by atoms with van der Waals surface area (Å²) in [5, 5.41) is 3.46. The Morgan fingerprint density at radius 2 is 2.31 bits per heavy atom. The molecule has 1 heterocycles. The molecule has 0 amide bonds. The van der Waals surface area contributed by atoms with Gasteiger partial charge >= 0.3 is 0 Å². The summed E-state index contributed by atoms with van der Waals surface area (Å²) in [5.74, 6) is 0.994. The van der Waals surface area contributed by atoms with Crippen molar-refractivity contribution in [2.75, 3.05) is 13.2 Å². The number of halogens is 1. The Labute approximate surface area is 95.8 Å². The highest BCUT2D eigenvalue weighted by molar-refractivity contribution is 5.38. The van der Waals surface area contributed by atoms with Crippen LogP contribution in [-0.4, -0.2) is 13.2 Å². The zero-order chi connectivity index (χ0) is 11.5. The molecule has 1 N–H and O–H groups in total. The van der Waals surface area contributed by atoms with Crippen LogP contribution < -0.4 is 10.1 Å². The number of nitrogens with one attached hydrogen (secondary N) is 1. The highest BCUT2D eigenvalue weighted by Gasteiger charge is 2.27. The Balaban J connectivity index is 2.27. The number of benzene rings is 1. The molecule has 3 heteroatoms. The van der Waals surface area contributed by atoms with E-state index >= 15 is 0 Å². The van der Waals surface area contributed by atoms with Gasteiger partial charge in [0.2, 0.25) is 0 Å². The van der Waals surface area contributed by atoms with Gasteiger partial charge in [0.15, 0.2) is 0 Å². The molecule has 1 aliphatic rings. The smallest absolute Gasteiger partial charge is 0.124 e. The number of ether oxygens (including phenoxy) is 1. The number of hydrogen-bond donors (Lipinski definition) is 1. The van der Waals surface area contributed by atoms with Crippen LogP contribution in [0.1, 0.15) is 31.9 Å². The summed E-state index contributed by atoms with van der Waals surface area (Å²) in [6, 6.07) is 4.96. The molecule has 0 saturated carbocycles. The number of hydrogen-bond acceptors (Lipinski definition) is 2. The maximum Gasteiger partial charge on any atom is 0.124 e. The largest absolute Gasteiger partial charge is 0.493 e. The monoisotopic (exact) mass is 223 g/mol. The van der Waals surface area contributed by atoms with Crippen LogP contribution in [0.4, 0.5) is 4.39 Å². The van der Waals surface area contributed by atoms with Crippen LogP contribution in [0.25, 0.3) is 0 Å². The molecule has 88 valence electrons. The molecule has 1 aromatic carbocycles. The minimum atomic E-state index is -0.195. The Hall–Kier alpha value is -1.09. The van der Waals surface area contributed by atoms with E-state index in [0.29, 0.717) is 12.5 Å². The third-order valence-corrected chi connectivity index (χ3v) is 2.99. The van der Waals surface area contributed by atoms with E-state index in [-0.39, 0.29) is 11.9 Å². The van der Waals surface area contributed by atoms with Crippen molar-refractivity contribution in [3.05, 3.63) is 29.6 Å². The maximum atomic E-state index is 13.2. The highest BCUT2D eigenvalue weighted by atomic mass is 19.1. The van der Waals surface area contributed by atoms with Gasteiger partial charge in [-0.2, -0.15) is 0 Å². The molecular formula is C13H18FNO. The molecule has 0 saturated heterocycles. The van der Waals surface area contributed by atoms with Crippen molar-refractivity contribution in [3.8, 4) is 5.75 Å². The van der Waals surface area contributed by atoms with E-state index in [4.69, 9.17) is 4.74 Å². The molecule has 0 aliphatic carbocycles. The van der Waals surface area contributed by atoms with Gasteiger partial charge in [0.05, 0.1) is 6.61 Å². The molecule has 2 unspecified atom stereocenters. The molecule has 0 aromatic heterocycles. The van der Waals surface area contributed by atoms with Crippen molar-refractivity contribution >= 4 is 0 Å². The number of rotatable bonds is 3. The van der Waals surface area contributed by atoms with E-state index in [2.05, 4.69) is 19.2 Å². The van der Waals surface area contributed by atoms with E-state index in [1.165, 1.54) is 6.07 Å². The first-order valence-electron chi connectivity index (χ1n) is 5.88. The Bertz CT molecular complexity index is 367. The summed E-state index contributed by atoms with van der Waals surface area (Å²) in [5.41, 5.74) is 0.951. The van der Waals surface area contributed by atoms with Crippen LogP contribution >= 0.6 is 0 Å². The lowest BCUT2D eigenvalue weighted by molar-refractivity contribution is 0.188.